The Labute approximate surface area is 88.4 Å². The molecule has 0 atom stereocenters. The first-order chi connectivity index (χ1) is 5.77. The van der Waals surface area contributed by atoms with Crippen LogP contribution in [0.15, 0.2) is 12.2 Å². The summed E-state index contributed by atoms with van der Waals surface area (Å²) in [6.45, 7) is 11.5. The van der Waals surface area contributed by atoms with Gasteiger partial charge >= 0.3 is 0 Å². The van der Waals surface area contributed by atoms with Gasteiger partial charge in [-0.15, -0.1) is 11.6 Å². The van der Waals surface area contributed by atoms with Gasteiger partial charge in [-0.2, -0.15) is 0 Å². The molecule has 0 spiro atoms. The van der Waals surface area contributed by atoms with Crippen LogP contribution in [-0.2, 0) is 0 Å². The second-order valence-corrected chi connectivity index (χ2v) is 6.04. The molecule has 0 saturated carbocycles. The average molecular weight is 203 g/mol. The molecule has 78 valence electrons. The van der Waals surface area contributed by atoms with E-state index in [1.54, 1.807) is 0 Å². The van der Waals surface area contributed by atoms with Gasteiger partial charge < -0.3 is 0 Å². The predicted molar refractivity (Wildman–Crippen MR) is 62.3 cm³/mol. The largest absolute Gasteiger partial charge is 0.122 e. The molecule has 0 aliphatic carbocycles. The Morgan fingerprint density at radius 2 is 1.54 bits per heavy atom. The van der Waals surface area contributed by atoms with Crippen LogP contribution in [-0.4, -0.2) is 5.88 Å². The molecule has 0 heterocycles. The van der Waals surface area contributed by atoms with Crippen LogP contribution in [0, 0.1) is 10.8 Å². The highest BCUT2D eigenvalue weighted by atomic mass is 35.5. The zero-order valence-corrected chi connectivity index (χ0v) is 10.4. The molecule has 0 radical (unpaired) electrons. The second-order valence-electron chi connectivity index (χ2n) is 5.73. The molecule has 0 aromatic heterocycles. The third kappa shape index (κ3) is 8.36. The quantitative estimate of drug-likeness (QED) is 0.461. The first kappa shape index (κ1) is 13.0. The maximum Gasteiger partial charge on any atom is 0.0404 e. The lowest BCUT2D eigenvalue weighted by atomic mass is 9.74. The summed E-state index contributed by atoms with van der Waals surface area (Å²) in [5, 5.41) is 0. The Morgan fingerprint density at radius 3 is 1.92 bits per heavy atom. The van der Waals surface area contributed by atoms with E-state index in [1.165, 1.54) is 6.42 Å². The molecule has 0 unspecified atom stereocenters. The molecule has 0 saturated heterocycles. The normalized spacial score (nSPS) is 14.0. The highest BCUT2D eigenvalue weighted by Gasteiger charge is 2.23. The smallest absolute Gasteiger partial charge is 0.0404 e. The molecular weight excluding hydrogens is 180 g/mol. The fourth-order valence-corrected chi connectivity index (χ4v) is 2.10. The molecule has 0 aromatic rings. The van der Waals surface area contributed by atoms with Gasteiger partial charge in [0.2, 0.25) is 0 Å². The monoisotopic (exact) mass is 202 g/mol. The maximum absolute atomic E-state index is 5.58. The number of hydrogen-bond donors (Lipinski definition) is 0. The van der Waals surface area contributed by atoms with E-state index in [0.29, 0.717) is 16.7 Å². The Hall–Kier alpha value is 0.0300. The Bertz CT molecular complexity index is 160. The van der Waals surface area contributed by atoms with Crippen molar-refractivity contribution in [1.29, 1.82) is 0 Å². The van der Waals surface area contributed by atoms with Crippen LogP contribution in [0.1, 0.15) is 47.5 Å². The van der Waals surface area contributed by atoms with E-state index in [4.69, 9.17) is 11.6 Å². The second kappa shape index (κ2) is 5.05. The lowest BCUT2D eigenvalue weighted by Gasteiger charge is -2.31. The van der Waals surface area contributed by atoms with Crippen molar-refractivity contribution in [2.75, 3.05) is 5.88 Å². The van der Waals surface area contributed by atoms with E-state index in [9.17, 15) is 0 Å². The minimum absolute atomic E-state index is 0.390. The first-order valence-electron chi connectivity index (χ1n) is 4.98. The molecule has 13 heavy (non-hydrogen) atoms. The van der Waals surface area contributed by atoms with Crippen LogP contribution in [0.2, 0.25) is 0 Å². The van der Waals surface area contributed by atoms with Gasteiger partial charge in [-0.05, 0) is 23.7 Å². The van der Waals surface area contributed by atoms with E-state index >= 15 is 0 Å². The van der Waals surface area contributed by atoms with Crippen LogP contribution in [0.4, 0.5) is 0 Å². The van der Waals surface area contributed by atoms with Gasteiger partial charge in [0.1, 0.15) is 0 Å². The summed E-state index contributed by atoms with van der Waals surface area (Å²) in [4.78, 5) is 0. The van der Waals surface area contributed by atoms with Gasteiger partial charge in [-0.1, -0.05) is 46.8 Å². The van der Waals surface area contributed by atoms with E-state index in [0.717, 1.165) is 6.42 Å². The molecule has 0 bridgehead atoms. The number of rotatable bonds is 4. The fraction of sp³-hybridized carbons (Fsp3) is 0.833. The van der Waals surface area contributed by atoms with Gasteiger partial charge in [0.25, 0.3) is 0 Å². The van der Waals surface area contributed by atoms with Gasteiger partial charge in [-0.3, -0.25) is 0 Å². The standard InChI is InChI=1S/C12H23Cl/c1-11(2,3)10-12(4,5)8-6-7-9-13/h6-7H,8-10H2,1-5H3. The average Bonchev–Trinajstić information content (AvgIpc) is 1.81. The van der Waals surface area contributed by atoms with Gasteiger partial charge in [0, 0.05) is 5.88 Å². The summed E-state index contributed by atoms with van der Waals surface area (Å²) in [5.41, 5.74) is 0.805. The van der Waals surface area contributed by atoms with E-state index in [-0.39, 0.29) is 0 Å². The van der Waals surface area contributed by atoms with E-state index < -0.39 is 0 Å². The van der Waals surface area contributed by atoms with Crippen molar-refractivity contribution in [3.05, 3.63) is 12.2 Å². The fourth-order valence-electron chi connectivity index (χ4n) is 1.97. The van der Waals surface area contributed by atoms with Crippen LogP contribution < -0.4 is 0 Å². The molecule has 0 aromatic carbocycles. The Kier molecular flexibility index (Phi) is 5.06. The maximum atomic E-state index is 5.58. The SMILES string of the molecule is CC(C)(C)CC(C)(C)CC=CCCl. The predicted octanol–water partition coefficient (Wildman–Crippen LogP) is 4.63. The van der Waals surface area contributed by atoms with Crippen LogP contribution in [0.5, 0.6) is 0 Å². The first-order valence-corrected chi connectivity index (χ1v) is 5.51. The Morgan fingerprint density at radius 1 is 1.00 bits per heavy atom. The molecule has 0 rings (SSSR count). The van der Waals surface area contributed by atoms with Gasteiger partial charge in [-0.25, -0.2) is 0 Å². The van der Waals surface area contributed by atoms with E-state index in [2.05, 4.69) is 40.7 Å². The number of halogens is 1. The van der Waals surface area contributed by atoms with Crippen LogP contribution in [0.3, 0.4) is 0 Å². The summed E-state index contributed by atoms with van der Waals surface area (Å²) in [7, 11) is 0. The Balaban J connectivity index is 4.01. The molecule has 0 amide bonds. The van der Waals surface area contributed by atoms with Crippen LogP contribution in [0.25, 0.3) is 0 Å². The van der Waals surface area contributed by atoms with Gasteiger partial charge in [0.15, 0.2) is 0 Å². The minimum atomic E-state index is 0.390. The lowest BCUT2D eigenvalue weighted by molar-refractivity contribution is 0.215. The molecule has 0 nitrogen and oxygen atoms in total. The zero-order valence-electron chi connectivity index (χ0n) is 9.65. The highest BCUT2D eigenvalue weighted by molar-refractivity contribution is 6.18. The van der Waals surface area contributed by atoms with Crippen molar-refractivity contribution in [2.45, 2.75) is 47.5 Å². The van der Waals surface area contributed by atoms with Gasteiger partial charge in [0.05, 0.1) is 0 Å². The molecule has 0 aliphatic heterocycles. The van der Waals surface area contributed by atoms with Crippen molar-refractivity contribution in [3.63, 3.8) is 0 Å². The molecular formula is C12H23Cl. The summed E-state index contributed by atoms with van der Waals surface area (Å²) in [6, 6.07) is 0. The molecule has 0 fully saturated rings. The third-order valence-corrected chi connectivity index (χ3v) is 2.11. The van der Waals surface area contributed by atoms with Crippen molar-refractivity contribution in [2.24, 2.45) is 10.8 Å². The summed E-state index contributed by atoms with van der Waals surface area (Å²) < 4.78 is 0. The van der Waals surface area contributed by atoms with Crippen molar-refractivity contribution in [1.82, 2.24) is 0 Å². The highest BCUT2D eigenvalue weighted by Crippen LogP contribution is 2.35. The van der Waals surface area contributed by atoms with E-state index in [1.807, 2.05) is 6.08 Å². The summed E-state index contributed by atoms with van der Waals surface area (Å²) in [5.74, 6) is 0.631. The number of alkyl halides is 1. The number of hydrogen-bond acceptors (Lipinski definition) is 0. The van der Waals surface area contributed by atoms with Crippen molar-refractivity contribution >= 4 is 11.6 Å². The van der Waals surface area contributed by atoms with Crippen LogP contribution >= 0.6 is 11.6 Å². The third-order valence-electron chi connectivity index (χ3n) is 1.94. The van der Waals surface area contributed by atoms with Crippen molar-refractivity contribution < 1.29 is 0 Å². The summed E-state index contributed by atoms with van der Waals surface area (Å²) >= 11 is 5.58. The topological polar surface area (TPSA) is 0 Å². The van der Waals surface area contributed by atoms with Crippen molar-refractivity contribution in [3.8, 4) is 0 Å². The summed E-state index contributed by atoms with van der Waals surface area (Å²) in [6.07, 6.45) is 6.59. The number of allylic oxidation sites excluding steroid dienone is 2. The molecule has 0 aliphatic rings. The minimum Gasteiger partial charge on any atom is -0.122 e. The molecule has 1 heteroatoms. The zero-order chi connectivity index (χ0) is 10.5. The molecule has 0 N–H and O–H groups in total. The lowest BCUT2D eigenvalue weighted by Crippen LogP contribution is -2.19.